The van der Waals surface area contributed by atoms with Crippen molar-refractivity contribution < 1.29 is 4.79 Å². The first-order valence-corrected chi connectivity index (χ1v) is 8.46. The molecule has 0 atom stereocenters. The van der Waals surface area contributed by atoms with Crippen molar-refractivity contribution >= 4 is 5.91 Å². The van der Waals surface area contributed by atoms with Crippen molar-refractivity contribution in [3.8, 4) is 0 Å². The zero-order valence-electron chi connectivity index (χ0n) is 12.8. The van der Waals surface area contributed by atoms with Gasteiger partial charge in [0.05, 0.1) is 0 Å². The predicted octanol–water partition coefficient (Wildman–Crippen LogP) is 2.11. The minimum atomic E-state index is -0.287. The molecule has 0 radical (unpaired) electrons. The van der Waals surface area contributed by atoms with E-state index < -0.39 is 0 Å². The van der Waals surface area contributed by atoms with Gasteiger partial charge in [-0.05, 0) is 74.2 Å². The topological polar surface area (TPSA) is 74.8 Å². The van der Waals surface area contributed by atoms with Crippen molar-refractivity contribution in [1.82, 2.24) is 15.5 Å². The Morgan fingerprint density at radius 2 is 1.82 bits per heavy atom. The molecule has 5 rings (SSSR count). The summed E-state index contributed by atoms with van der Waals surface area (Å²) in [6, 6.07) is 2.81. The third kappa shape index (κ3) is 2.57. The van der Waals surface area contributed by atoms with Crippen LogP contribution in [-0.2, 0) is 0 Å². The van der Waals surface area contributed by atoms with Gasteiger partial charge >= 0.3 is 0 Å². The fraction of sp³-hybridized carbons (Fsp3) is 0.706. The van der Waals surface area contributed by atoms with Gasteiger partial charge in [-0.15, -0.1) is 0 Å². The zero-order valence-corrected chi connectivity index (χ0v) is 12.8. The fourth-order valence-electron chi connectivity index (χ4n) is 5.60. The molecule has 4 bridgehead atoms. The van der Waals surface area contributed by atoms with Gasteiger partial charge in [-0.3, -0.25) is 9.59 Å². The van der Waals surface area contributed by atoms with E-state index in [0.717, 1.165) is 24.2 Å². The third-order valence-electron chi connectivity index (χ3n) is 6.02. The summed E-state index contributed by atoms with van der Waals surface area (Å²) in [6.45, 7) is 0.714. The number of rotatable bonds is 4. The number of aromatic amines is 1. The number of nitrogens with one attached hydrogen (secondary N) is 2. The first-order valence-electron chi connectivity index (χ1n) is 8.46. The van der Waals surface area contributed by atoms with Crippen LogP contribution < -0.4 is 10.9 Å². The van der Waals surface area contributed by atoms with Gasteiger partial charge in [0.15, 0.2) is 0 Å². The van der Waals surface area contributed by atoms with Crippen LogP contribution in [-0.4, -0.2) is 22.6 Å². The molecule has 1 amide bonds. The number of amides is 1. The van der Waals surface area contributed by atoms with E-state index in [1.165, 1.54) is 50.7 Å². The van der Waals surface area contributed by atoms with E-state index in [0.29, 0.717) is 12.0 Å². The highest BCUT2D eigenvalue weighted by Crippen LogP contribution is 2.61. The Morgan fingerprint density at radius 3 is 2.36 bits per heavy atom. The van der Waals surface area contributed by atoms with Crippen molar-refractivity contribution in [2.45, 2.75) is 44.9 Å². The summed E-state index contributed by atoms with van der Waals surface area (Å²) in [6.07, 6.45) is 9.54. The number of nitrogens with zero attached hydrogens (tertiary/aromatic N) is 1. The quantitative estimate of drug-likeness (QED) is 0.894. The molecule has 0 spiro atoms. The van der Waals surface area contributed by atoms with Crippen LogP contribution in [0.3, 0.4) is 0 Å². The molecule has 0 aromatic carbocycles. The molecule has 5 nitrogen and oxygen atoms in total. The number of hydrogen-bond acceptors (Lipinski definition) is 3. The molecule has 22 heavy (non-hydrogen) atoms. The predicted molar refractivity (Wildman–Crippen MR) is 82.4 cm³/mol. The maximum absolute atomic E-state index is 12.0. The molecule has 1 aromatic heterocycles. The van der Waals surface area contributed by atoms with E-state index in [-0.39, 0.29) is 17.2 Å². The van der Waals surface area contributed by atoms with E-state index in [2.05, 4.69) is 15.5 Å². The summed E-state index contributed by atoms with van der Waals surface area (Å²) in [5, 5.41) is 9.04. The zero-order chi connectivity index (χ0) is 15.2. The summed E-state index contributed by atoms with van der Waals surface area (Å²) < 4.78 is 0. The monoisotopic (exact) mass is 301 g/mol. The lowest BCUT2D eigenvalue weighted by atomic mass is 9.49. The molecule has 0 unspecified atom stereocenters. The number of carbonyl (C=O) groups is 1. The molecule has 118 valence electrons. The molecule has 0 saturated heterocycles. The SMILES string of the molecule is O=C(NCCC12CC3CC(CC(C3)C1)C2)c1ccc(=O)[nH]n1. The lowest BCUT2D eigenvalue weighted by Gasteiger charge is -2.57. The van der Waals surface area contributed by atoms with Crippen molar-refractivity contribution in [1.29, 1.82) is 0 Å². The van der Waals surface area contributed by atoms with Crippen LogP contribution in [0, 0.1) is 23.2 Å². The normalized spacial score (nSPS) is 35.5. The highest BCUT2D eigenvalue weighted by Gasteiger charge is 2.50. The maximum atomic E-state index is 12.0. The smallest absolute Gasteiger partial charge is 0.271 e. The Kier molecular flexibility index (Phi) is 3.31. The first kappa shape index (κ1) is 14.0. The molecule has 2 N–H and O–H groups in total. The average molecular weight is 301 g/mol. The summed E-state index contributed by atoms with van der Waals surface area (Å²) in [5.74, 6) is 2.65. The van der Waals surface area contributed by atoms with Gasteiger partial charge in [0.25, 0.3) is 11.5 Å². The molecule has 4 fully saturated rings. The van der Waals surface area contributed by atoms with Crippen molar-refractivity contribution in [3.63, 3.8) is 0 Å². The standard InChI is InChI=1S/C17H23N3O2/c21-15-2-1-14(19-20-15)16(22)18-4-3-17-8-11-5-12(9-17)7-13(6-11)10-17/h1-2,11-13H,3-10H2,(H,18,22)(H,20,21). The Labute approximate surface area is 129 Å². The molecule has 4 aliphatic carbocycles. The lowest BCUT2D eigenvalue weighted by molar-refractivity contribution is -0.0564. The molecular formula is C17H23N3O2. The van der Waals surface area contributed by atoms with Gasteiger partial charge < -0.3 is 5.32 Å². The molecule has 5 heteroatoms. The second kappa shape index (κ2) is 5.21. The van der Waals surface area contributed by atoms with E-state index in [9.17, 15) is 9.59 Å². The minimum absolute atomic E-state index is 0.194. The Morgan fingerprint density at radius 1 is 1.18 bits per heavy atom. The van der Waals surface area contributed by atoms with Gasteiger partial charge in [-0.1, -0.05) is 0 Å². The number of hydrogen-bond donors (Lipinski definition) is 2. The van der Waals surface area contributed by atoms with E-state index >= 15 is 0 Å². The van der Waals surface area contributed by atoms with Gasteiger partial charge in [0.1, 0.15) is 5.69 Å². The largest absolute Gasteiger partial charge is 0.351 e. The van der Waals surface area contributed by atoms with Crippen LogP contribution in [0.2, 0.25) is 0 Å². The van der Waals surface area contributed by atoms with Crippen LogP contribution in [0.5, 0.6) is 0 Å². The molecule has 4 aliphatic rings. The lowest BCUT2D eigenvalue weighted by Crippen LogP contribution is -2.47. The van der Waals surface area contributed by atoms with Crippen LogP contribution in [0.1, 0.15) is 55.4 Å². The summed E-state index contributed by atoms with van der Waals surface area (Å²) in [7, 11) is 0. The van der Waals surface area contributed by atoms with Gasteiger partial charge in [-0.2, -0.15) is 5.10 Å². The van der Waals surface area contributed by atoms with Crippen molar-refractivity contribution in [2.75, 3.05) is 6.54 Å². The van der Waals surface area contributed by atoms with Crippen molar-refractivity contribution in [2.24, 2.45) is 23.2 Å². The Balaban J connectivity index is 1.34. The minimum Gasteiger partial charge on any atom is -0.351 e. The third-order valence-corrected chi connectivity index (χ3v) is 6.02. The Bertz CT molecular complexity index is 581. The molecule has 4 saturated carbocycles. The second-order valence-corrected chi connectivity index (χ2v) is 7.73. The molecule has 1 heterocycles. The number of aromatic nitrogens is 2. The van der Waals surface area contributed by atoms with Crippen LogP contribution >= 0.6 is 0 Å². The van der Waals surface area contributed by atoms with Gasteiger partial charge in [0.2, 0.25) is 0 Å². The van der Waals surface area contributed by atoms with Gasteiger partial charge in [-0.25, -0.2) is 5.10 Å². The highest BCUT2D eigenvalue weighted by atomic mass is 16.2. The average Bonchev–Trinajstić information content (AvgIpc) is 2.46. The second-order valence-electron chi connectivity index (χ2n) is 7.73. The summed E-state index contributed by atoms with van der Waals surface area (Å²) in [5.41, 5.74) is 0.482. The number of H-pyrrole nitrogens is 1. The van der Waals surface area contributed by atoms with E-state index in [1.807, 2.05) is 0 Å². The maximum Gasteiger partial charge on any atom is 0.271 e. The number of carbonyl (C=O) groups excluding carboxylic acids is 1. The first-order chi connectivity index (χ1) is 10.6. The Hall–Kier alpha value is -1.65. The van der Waals surface area contributed by atoms with E-state index in [1.54, 1.807) is 0 Å². The molecule has 0 aliphatic heterocycles. The van der Waals surface area contributed by atoms with Crippen LogP contribution in [0.25, 0.3) is 0 Å². The highest BCUT2D eigenvalue weighted by molar-refractivity contribution is 5.91. The summed E-state index contributed by atoms with van der Waals surface area (Å²) in [4.78, 5) is 23.0. The fourth-order valence-corrected chi connectivity index (χ4v) is 5.60. The molecular weight excluding hydrogens is 278 g/mol. The van der Waals surface area contributed by atoms with Crippen LogP contribution in [0.15, 0.2) is 16.9 Å². The molecule has 1 aromatic rings. The van der Waals surface area contributed by atoms with E-state index in [4.69, 9.17) is 0 Å². The van der Waals surface area contributed by atoms with Crippen LogP contribution in [0.4, 0.5) is 0 Å². The van der Waals surface area contributed by atoms with Gasteiger partial charge in [0, 0.05) is 12.6 Å². The summed E-state index contributed by atoms with van der Waals surface area (Å²) >= 11 is 0. The van der Waals surface area contributed by atoms with Crippen molar-refractivity contribution in [3.05, 3.63) is 28.2 Å².